The molecule has 0 bridgehead atoms. The lowest BCUT2D eigenvalue weighted by Crippen LogP contribution is -2.42. The van der Waals surface area contributed by atoms with Crippen LogP contribution in [0.2, 0.25) is 0 Å². The minimum Gasteiger partial charge on any atom is -0.378 e. The van der Waals surface area contributed by atoms with Crippen LogP contribution in [0, 0.1) is 0 Å². The molecular formula is C10H13NO4S. The number of rotatable bonds is 2. The molecule has 1 N–H and O–H groups in total. The van der Waals surface area contributed by atoms with Gasteiger partial charge in [0.15, 0.2) is 0 Å². The van der Waals surface area contributed by atoms with Crippen LogP contribution in [0.5, 0.6) is 0 Å². The Morgan fingerprint density at radius 2 is 2.00 bits per heavy atom. The lowest BCUT2D eigenvalue weighted by molar-refractivity contribution is 0.0282. The Morgan fingerprint density at radius 3 is 2.62 bits per heavy atom. The maximum absolute atomic E-state index is 11.2. The molecule has 0 saturated carbocycles. The number of nitrogens with zero attached hydrogens (tertiary/aromatic N) is 1. The highest BCUT2D eigenvalue weighted by Crippen LogP contribution is 2.25. The van der Waals surface area contributed by atoms with Crippen molar-refractivity contribution in [2.75, 3.05) is 19.8 Å². The van der Waals surface area contributed by atoms with Gasteiger partial charge in [-0.15, -0.1) is 0 Å². The van der Waals surface area contributed by atoms with Crippen LogP contribution in [0.15, 0.2) is 30.3 Å². The van der Waals surface area contributed by atoms with E-state index in [0.717, 1.165) is 9.87 Å². The third-order valence-corrected chi connectivity index (χ3v) is 3.59. The molecule has 88 valence electrons. The summed E-state index contributed by atoms with van der Waals surface area (Å²) in [4.78, 5) is 0. The van der Waals surface area contributed by atoms with Gasteiger partial charge in [0, 0.05) is 6.54 Å². The predicted octanol–water partition coefficient (Wildman–Crippen LogP) is 0.863. The molecule has 1 aliphatic rings. The molecule has 1 unspecified atom stereocenters. The van der Waals surface area contributed by atoms with Crippen LogP contribution in [-0.2, 0) is 15.0 Å². The zero-order valence-corrected chi connectivity index (χ0v) is 9.43. The molecule has 1 fully saturated rings. The van der Waals surface area contributed by atoms with Crippen LogP contribution >= 0.6 is 0 Å². The fourth-order valence-electron chi connectivity index (χ4n) is 1.80. The second-order valence-corrected chi connectivity index (χ2v) is 4.95. The highest BCUT2D eigenvalue weighted by molar-refractivity contribution is 7.83. The van der Waals surface area contributed by atoms with Crippen LogP contribution < -0.4 is 0 Å². The molecule has 1 aliphatic heterocycles. The number of ether oxygens (including phenoxy) is 1. The maximum atomic E-state index is 11.2. The highest BCUT2D eigenvalue weighted by Gasteiger charge is 2.32. The van der Waals surface area contributed by atoms with Crippen molar-refractivity contribution in [3.05, 3.63) is 35.9 Å². The molecule has 1 saturated heterocycles. The van der Waals surface area contributed by atoms with Crippen LogP contribution in [0.1, 0.15) is 11.6 Å². The highest BCUT2D eigenvalue weighted by atomic mass is 32.2. The van der Waals surface area contributed by atoms with Crippen LogP contribution in [0.4, 0.5) is 0 Å². The lowest BCUT2D eigenvalue weighted by atomic mass is 10.1. The molecule has 0 spiro atoms. The van der Waals surface area contributed by atoms with E-state index in [0.29, 0.717) is 6.61 Å². The number of benzene rings is 1. The molecule has 0 aromatic heterocycles. The summed E-state index contributed by atoms with van der Waals surface area (Å²) in [6.07, 6.45) is 0. The first-order valence-corrected chi connectivity index (χ1v) is 6.35. The van der Waals surface area contributed by atoms with E-state index in [2.05, 4.69) is 0 Å². The van der Waals surface area contributed by atoms with E-state index in [1.54, 1.807) is 0 Å². The molecule has 1 atom stereocenters. The summed E-state index contributed by atoms with van der Waals surface area (Å²) in [6.45, 7) is 0.755. The fraction of sp³-hybridized carbons (Fsp3) is 0.400. The van der Waals surface area contributed by atoms with Gasteiger partial charge >= 0.3 is 10.3 Å². The molecule has 5 nitrogen and oxygen atoms in total. The molecule has 1 aromatic carbocycles. The van der Waals surface area contributed by atoms with Gasteiger partial charge in [0.05, 0.1) is 19.3 Å². The second-order valence-electron chi connectivity index (χ2n) is 3.59. The third kappa shape index (κ3) is 2.41. The quantitative estimate of drug-likeness (QED) is 0.782. The van der Waals surface area contributed by atoms with Crippen molar-refractivity contribution in [3.8, 4) is 0 Å². The Bertz CT molecular complexity index is 445. The summed E-state index contributed by atoms with van der Waals surface area (Å²) >= 11 is 0. The Hall–Kier alpha value is -0.950. The largest absolute Gasteiger partial charge is 0.378 e. The summed E-state index contributed by atoms with van der Waals surface area (Å²) in [6, 6.07) is 8.70. The second kappa shape index (κ2) is 4.50. The average Bonchev–Trinajstić information content (AvgIpc) is 2.29. The van der Waals surface area contributed by atoms with Gasteiger partial charge in [-0.2, -0.15) is 12.7 Å². The Kier molecular flexibility index (Phi) is 3.25. The first-order chi connectivity index (χ1) is 7.59. The van der Waals surface area contributed by atoms with Crippen molar-refractivity contribution in [1.82, 2.24) is 4.31 Å². The molecule has 16 heavy (non-hydrogen) atoms. The molecule has 1 aromatic rings. The van der Waals surface area contributed by atoms with Crippen LogP contribution in [-0.4, -0.2) is 37.0 Å². The van der Waals surface area contributed by atoms with Crippen molar-refractivity contribution < 1.29 is 17.7 Å². The first kappa shape index (κ1) is 11.5. The summed E-state index contributed by atoms with van der Waals surface area (Å²) in [5, 5.41) is 0. The number of hydrogen-bond acceptors (Lipinski definition) is 3. The van der Waals surface area contributed by atoms with Crippen molar-refractivity contribution in [3.63, 3.8) is 0 Å². The molecular weight excluding hydrogens is 230 g/mol. The van der Waals surface area contributed by atoms with Gasteiger partial charge < -0.3 is 4.74 Å². The Morgan fingerprint density at radius 1 is 1.31 bits per heavy atom. The molecule has 0 amide bonds. The van der Waals surface area contributed by atoms with Crippen molar-refractivity contribution in [2.24, 2.45) is 0 Å². The summed E-state index contributed by atoms with van der Waals surface area (Å²) in [7, 11) is -4.17. The zero-order chi connectivity index (χ0) is 11.6. The van der Waals surface area contributed by atoms with Gasteiger partial charge in [0.1, 0.15) is 0 Å². The zero-order valence-electron chi connectivity index (χ0n) is 8.61. The van der Waals surface area contributed by atoms with E-state index >= 15 is 0 Å². The van der Waals surface area contributed by atoms with E-state index in [1.807, 2.05) is 30.3 Å². The molecule has 0 radical (unpaired) electrons. The van der Waals surface area contributed by atoms with Gasteiger partial charge in [-0.3, -0.25) is 4.55 Å². The fourth-order valence-corrected chi connectivity index (χ4v) is 2.61. The van der Waals surface area contributed by atoms with Crippen molar-refractivity contribution in [1.29, 1.82) is 0 Å². The SMILES string of the molecule is O=S(=O)(O)N1CCOCC1c1ccccc1. The lowest BCUT2D eigenvalue weighted by Gasteiger charge is -2.32. The van der Waals surface area contributed by atoms with Gasteiger partial charge in [-0.05, 0) is 5.56 Å². The van der Waals surface area contributed by atoms with Crippen molar-refractivity contribution in [2.45, 2.75) is 6.04 Å². The average molecular weight is 243 g/mol. The first-order valence-electron chi connectivity index (χ1n) is 4.96. The molecule has 6 heteroatoms. The van der Waals surface area contributed by atoms with Crippen LogP contribution in [0.3, 0.4) is 0 Å². The Labute approximate surface area is 94.5 Å². The standard InChI is InChI=1S/C10H13NO4S/c12-16(13,14)11-6-7-15-8-10(11)9-4-2-1-3-5-9/h1-5,10H,6-8H2,(H,12,13,14). The van der Waals surface area contributed by atoms with E-state index in [9.17, 15) is 8.42 Å². The van der Waals surface area contributed by atoms with Gasteiger partial charge in [0.2, 0.25) is 0 Å². The van der Waals surface area contributed by atoms with E-state index in [4.69, 9.17) is 9.29 Å². The monoisotopic (exact) mass is 243 g/mol. The normalized spacial score (nSPS) is 23.2. The van der Waals surface area contributed by atoms with E-state index < -0.39 is 16.3 Å². The summed E-state index contributed by atoms with van der Waals surface area (Å²) < 4.78 is 37.8. The summed E-state index contributed by atoms with van der Waals surface area (Å²) in [5.74, 6) is 0. The third-order valence-electron chi connectivity index (χ3n) is 2.56. The summed E-state index contributed by atoms with van der Waals surface area (Å²) in [5.41, 5.74) is 0.819. The van der Waals surface area contributed by atoms with E-state index in [1.165, 1.54) is 0 Å². The molecule has 2 rings (SSSR count). The van der Waals surface area contributed by atoms with E-state index in [-0.39, 0.29) is 13.2 Å². The maximum Gasteiger partial charge on any atom is 0.336 e. The predicted molar refractivity (Wildman–Crippen MR) is 58.3 cm³/mol. The Balaban J connectivity index is 2.31. The van der Waals surface area contributed by atoms with Crippen molar-refractivity contribution >= 4 is 10.3 Å². The topological polar surface area (TPSA) is 66.8 Å². The minimum atomic E-state index is -4.17. The van der Waals surface area contributed by atoms with Crippen LogP contribution in [0.25, 0.3) is 0 Å². The van der Waals surface area contributed by atoms with Gasteiger partial charge in [0.25, 0.3) is 0 Å². The smallest absolute Gasteiger partial charge is 0.336 e. The molecule has 0 aliphatic carbocycles. The minimum absolute atomic E-state index is 0.179. The number of morpholine rings is 1. The molecule has 1 heterocycles. The van der Waals surface area contributed by atoms with Gasteiger partial charge in [-0.25, -0.2) is 0 Å². The number of hydrogen-bond donors (Lipinski definition) is 1. The van der Waals surface area contributed by atoms with Gasteiger partial charge in [-0.1, -0.05) is 30.3 Å².